The molecular formula is C13H18N2O5S. The Morgan fingerprint density at radius 1 is 1.29 bits per heavy atom. The molecule has 1 aromatic rings. The van der Waals surface area contributed by atoms with Crippen LogP contribution in [0.25, 0.3) is 0 Å². The molecule has 1 atom stereocenters. The van der Waals surface area contributed by atoms with Crippen LogP contribution in [0, 0.1) is 0 Å². The van der Waals surface area contributed by atoms with Gasteiger partial charge in [-0.25, -0.2) is 8.42 Å². The summed E-state index contributed by atoms with van der Waals surface area (Å²) in [5.74, 6) is -2.44. The van der Waals surface area contributed by atoms with Crippen LogP contribution in [0.3, 0.4) is 0 Å². The first-order chi connectivity index (χ1) is 9.80. The lowest BCUT2D eigenvalue weighted by molar-refractivity contribution is -0.137. The fourth-order valence-corrected chi connectivity index (χ4v) is 2.56. The van der Waals surface area contributed by atoms with Crippen LogP contribution < -0.4 is 11.1 Å². The van der Waals surface area contributed by atoms with E-state index < -0.39 is 32.7 Å². The molecule has 0 aliphatic rings. The van der Waals surface area contributed by atoms with Gasteiger partial charge in [-0.2, -0.15) is 0 Å². The van der Waals surface area contributed by atoms with E-state index >= 15 is 0 Å². The molecular weight excluding hydrogens is 296 g/mol. The zero-order valence-electron chi connectivity index (χ0n) is 11.8. The Morgan fingerprint density at radius 3 is 2.33 bits per heavy atom. The van der Waals surface area contributed by atoms with Crippen molar-refractivity contribution in [2.45, 2.75) is 18.7 Å². The zero-order valence-corrected chi connectivity index (χ0v) is 12.6. The van der Waals surface area contributed by atoms with Crippen molar-refractivity contribution < 1.29 is 22.7 Å². The van der Waals surface area contributed by atoms with E-state index in [0.29, 0.717) is 12.2 Å². The van der Waals surface area contributed by atoms with E-state index in [1.807, 2.05) is 0 Å². The number of nitrogens with one attached hydrogen (secondary N) is 1. The minimum absolute atomic E-state index is 0.373. The molecule has 1 rings (SSSR count). The number of esters is 1. The van der Waals surface area contributed by atoms with Crippen LogP contribution in [0.2, 0.25) is 0 Å². The van der Waals surface area contributed by atoms with E-state index in [2.05, 4.69) is 10.1 Å². The molecule has 1 amide bonds. The van der Waals surface area contributed by atoms with Gasteiger partial charge >= 0.3 is 5.97 Å². The minimum Gasteiger partial charge on any atom is -0.468 e. The molecule has 0 saturated heterocycles. The number of benzene rings is 1. The molecule has 0 aromatic heterocycles. The molecule has 7 nitrogen and oxygen atoms in total. The predicted molar refractivity (Wildman–Crippen MR) is 78.2 cm³/mol. The van der Waals surface area contributed by atoms with Gasteiger partial charge in [0, 0.05) is 12.2 Å². The van der Waals surface area contributed by atoms with Crippen LogP contribution in [0.5, 0.6) is 0 Å². The topological polar surface area (TPSA) is 116 Å². The molecule has 3 N–H and O–H groups in total. The van der Waals surface area contributed by atoms with E-state index in [-0.39, 0.29) is 0 Å². The van der Waals surface area contributed by atoms with Gasteiger partial charge in [0.25, 0.3) is 0 Å². The van der Waals surface area contributed by atoms with Gasteiger partial charge in [0.15, 0.2) is 9.84 Å². The summed E-state index contributed by atoms with van der Waals surface area (Å²) in [6.45, 7) is 1.60. The van der Waals surface area contributed by atoms with Gasteiger partial charge in [0.1, 0.15) is 11.0 Å². The Kier molecular flexibility index (Phi) is 5.86. The van der Waals surface area contributed by atoms with Gasteiger partial charge < -0.3 is 15.8 Å². The summed E-state index contributed by atoms with van der Waals surface area (Å²) >= 11 is 0. The van der Waals surface area contributed by atoms with Crippen molar-refractivity contribution in [3.8, 4) is 0 Å². The monoisotopic (exact) mass is 314 g/mol. The van der Waals surface area contributed by atoms with Crippen molar-refractivity contribution in [3.05, 3.63) is 29.8 Å². The third-order valence-electron chi connectivity index (χ3n) is 2.91. The van der Waals surface area contributed by atoms with Crippen molar-refractivity contribution in [3.63, 3.8) is 0 Å². The third-order valence-corrected chi connectivity index (χ3v) is 4.84. The van der Waals surface area contributed by atoms with Crippen molar-refractivity contribution >= 4 is 27.4 Å². The summed E-state index contributed by atoms with van der Waals surface area (Å²) < 4.78 is 28.0. The summed E-state index contributed by atoms with van der Waals surface area (Å²) in [4.78, 5) is 23.0. The number of carbonyl (C=O) groups excluding carboxylic acids is 2. The second-order valence-electron chi connectivity index (χ2n) is 4.42. The molecule has 0 fully saturated rings. The smallest absolute Gasteiger partial charge is 0.320 e. The lowest BCUT2D eigenvalue weighted by Gasteiger charge is -2.12. The lowest BCUT2D eigenvalue weighted by Crippen LogP contribution is -2.36. The molecule has 0 aliphatic carbocycles. The van der Waals surface area contributed by atoms with Gasteiger partial charge in [-0.3, -0.25) is 9.59 Å². The summed E-state index contributed by atoms with van der Waals surface area (Å²) in [5, 5.41) is 1.12. The van der Waals surface area contributed by atoms with Crippen molar-refractivity contribution in [2.75, 3.05) is 18.2 Å². The zero-order chi connectivity index (χ0) is 16.0. The van der Waals surface area contributed by atoms with E-state index in [0.717, 1.165) is 12.7 Å². The normalized spacial score (nSPS) is 12.5. The average Bonchev–Trinajstić information content (AvgIpc) is 2.46. The van der Waals surface area contributed by atoms with E-state index in [1.165, 1.54) is 6.92 Å². The second kappa shape index (κ2) is 7.19. The first-order valence-electron chi connectivity index (χ1n) is 6.18. The highest BCUT2D eigenvalue weighted by Gasteiger charge is 2.30. The molecule has 116 valence electrons. The number of amides is 1. The van der Waals surface area contributed by atoms with E-state index in [1.54, 1.807) is 24.3 Å². The molecule has 0 bridgehead atoms. The number of carbonyl (C=O) groups is 2. The molecule has 0 saturated carbocycles. The predicted octanol–water partition coefficient (Wildman–Crippen LogP) is 0.0601. The minimum atomic E-state index is -3.91. The van der Waals surface area contributed by atoms with Gasteiger partial charge in [-0.05, 0) is 24.6 Å². The maximum absolute atomic E-state index is 11.9. The number of sulfone groups is 1. The van der Waals surface area contributed by atoms with Gasteiger partial charge in [0.2, 0.25) is 5.91 Å². The first-order valence-corrected chi connectivity index (χ1v) is 7.90. The van der Waals surface area contributed by atoms with Crippen LogP contribution in [0.1, 0.15) is 12.5 Å². The number of nitrogens with two attached hydrogens (primary N) is 1. The van der Waals surface area contributed by atoms with E-state index in [4.69, 9.17) is 5.73 Å². The Morgan fingerprint density at radius 2 is 1.86 bits per heavy atom. The molecule has 0 radical (unpaired) electrons. The molecule has 1 unspecified atom stereocenters. The number of ether oxygens (including phenoxy) is 1. The first kappa shape index (κ1) is 17.1. The molecule has 21 heavy (non-hydrogen) atoms. The highest BCUT2D eigenvalue weighted by atomic mass is 32.2. The summed E-state index contributed by atoms with van der Waals surface area (Å²) in [6.07, 6.45) is 0. The lowest BCUT2D eigenvalue weighted by atomic mass is 10.2. The average molecular weight is 314 g/mol. The van der Waals surface area contributed by atoms with Crippen LogP contribution in [-0.4, -0.2) is 38.4 Å². The third kappa shape index (κ3) is 4.83. The van der Waals surface area contributed by atoms with Crippen LogP contribution >= 0.6 is 0 Å². The Bertz CT molecular complexity index is 610. The maximum Gasteiger partial charge on any atom is 0.320 e. The highest BCUT2D eigenvalue weighted by molar-refractivity contribution is 7.93. The fraction of sp³-hybridized carbons (Fsp3) is 0.385. The number of hydrogen-bond acceptors (Lipinski definition) is 6. The number of methoxy groups -OCH3 is 1. The van der Waals surface area contributed by atoms with Gasteiger partial charge in [-0.15, -0.1) is 0 Å². The molecule has 0 heterocycles. The van der Waals surface area contributed by atoms with Crippen molar-refractivity contribution in [2.24, 2.45) is 5.73 Å². The van der Waals surface area contributed by atoms with Gasteiger partial charge in [0.05, 0.1) is 7.11 Å². The molecule has 0 aliphatic heterocycles. The number of hydrogen-bond donors (Lipinski definition) is 2. The molecule has 1 aromatic carbocycles. The quantitative estimate of drug-likeness (QED) is 0.717. The van der Waals surface area contributed by atoms with Gasteiger partial charge in [-0.1, -0.05) is 12.1 Å². The second-order valence-corrected chi connectivity index (χ2v) is 6.74. The largest absolute Gasteiger partial charge is 0.468 e. The van der Waals surface area contributed by atoms with Crippen LogP contribution in [0.4, 0.5) is 5.69 Å². The maximum atomic E-state index is 11.9. The van der Waals surface area contributed by atoms with Crippen molar-refractivity contribution in [1.29, 1.82) is 0 Å². The fourth-order valence-electron chi connectivity index (χ4n) is 1.48. The SMILES string of the molecule is COC(=O)CS(=O)(=O)C(C)C(=O)Nc1ccc(CN)cc1. The van der Waals surface area contributed by atoms with E-state index in [9.17, 15) is 18.0 Å². The summed E-state index contributed by atoms with van der Waals surface area (Å²) in [6, 6.07) is 6.70. The van der Waals surface area contributed by atoms with Crippen molar-refractivity contribution in [1.82, 2.24) is 0 Å². The molecule has 0 spiro atoms. The number of rotatable bonds is 6. The Labute approximate surface area is 123 Å². The summed E-state index contributed by atoms with van der Waals surface area (Å²) in [7, 11) is -2.83. The standard InChI is InChI=1S/C13H18N2O5S/c1-9(21(18,19)8-12(16)20-2)13(17)15-11-5-3-10(7-14)4-6-11/h3-6,9H,7-8,14H2,1-2H3,(H,15,17). The Hall–Kier alpha value is -1.93. The number of anilines is 1. The highest BCUT2D eigenvalue weighted by Crippen LogP contribution is 2.12. The molecule has 8 heteroatoms. The summed E-state index contributed by atoms with van der Waals surface area (Å²) in [5.41, 5.74) is 6.80. The van der Waals surface area contributed by atoms with Crippen LogP contribution in [0.15, 0.2) is 24.3 Å². The van der Waals surface area contributed by atoms with Crippen LogP contribution in [-0.2, 0) is 30.7 Å². The Balaban J connectivity index is 2.75.